The number of aromatic amines is 1. The van der Waals surface area contributed by atoms with Gasteiger partial charge in [0, 0.05) is 25.6 Å². The maximum absolute atomic E-state index is 12.9. The van der Waals surface area contributed by atoms with Gasteiger partial charge in [-0.15, -0.1) is 0 Å². The average molecular weight is 525 g/mol. The molecular weight excluding hydrogens is 496 g/mol. The molecule has 1 aromatic heterocycles. The van der Waals surface area contributed by atoms with Gasteiger partial charge in [-0.2, -0.15) is 8.42 Å². The fourth-order valence-electron chi connectivity index (χ4n) is 3.84. The van der Waals surface area contributed by atoms with Crippen LogP contribution in [0.25, 0.3) is 0 Å². The molecular formula is C23H28N2O10S. The van der Waals surface area contributed by atoms with E-state index in [9.17, 15) is 27.6 Å². The van der Waals surface area contributed by atoms with E-state index in [0.29, 0.717) is 18.4 Å². The van der Waals surface area contributed by atoms with Gasteiger partial charge in [0.15, 0.2) is 12.3 Å². The Morgan fingerprint density at radius 1 is 1.08 bits per heavy atom. The lowest BCUT2D eigenvalue weighted by molar-refractivity contribution is -0.155. The standard InChI is InChI=1S/C23H28N2O10S/c1-4-8-17-11-25(23(29)24-21(17)28)22-20(33-15(3)27)19(18(34-22)12-32-14(2)26)35-36(30,31)13-16-9-6-5-7-10-16/h5-7,9-11,18-20,22H,4,8,12-13H2,1-3H3,(H,24,28,29)/t18-,19+,20-,22-/m1/s1. The van der Waals surface area contributed by atoms with Crippen LogP contribution in [-0.2, 0) is 50.3 Å². The highest BCUT2D eigenvalue weighted by Gasteiger charge is 2.51. The van der Waals surface area contributed by atoms with E-state index in [1.807, 2.05) is 6.92 Å². The summed E-state index contributed by atoms with van der Waals surface area (Å²) in [6.45, 7) is 3.67. The smallest absolute Gasteiger partial charge is 0.330 e. The zero-order valence-corrected chi connectivity index (χ0v) is 20.9. The van der Waals surface area contributed by atoms with Crippen molar-refractivity contribution in [1.29, 1.82) is 0 Å². The Kier molecular flexibility index (Phi) is 8.82. The first-order chi connectivity index (χ1) is 17.0. The number of nitrogens with zero attached hydrogens (tertiary/aromatic N) is 1. The topological polar surface area (TPSA) is 160 Å². The Bertz CT molecular complexity index is 1300. The molecule has 0 aliphatic carbocycles. The molecule has 0 unspecified atom stereocenters. The summed E-state index contributed by atoms with van der Waals surface area (Å²) in [6.07, 6.45) is -3.24. The zero-order chi connectivity index (χ0) is 26.5. The van der Waals surface area contributed by atoms with E-state index in [4.69, 9.17) is 18.4 Å². The molecule has 1 aromatic carbocycles. The second-order valence-electron chi connectivity index (χ2n) is 8.26. The fourth-order valence-corrected chi connectivity index (χ4v) is 5.08. The first kappa shape index (κ1) is 27.3. The van der Waals surface area contributed by atoms with Crippen LogP contribution in [0.15, 0.2) is 46.1 Å². The number of hydrogen-bond acceptors (Lipinski definition) is 10. The van der Waals surface area contributed by atoms with Crippen LogP contribution < -0.4 is 11.2 Å². The molecule has 1 fully saturated rings. The van der Waals surface area contributed by atoms with Crippen LogP contribution in [-0.4, -0.2) is 54.8 Å². The highest BCUT2D eigenvalue weighted by Crippen LogP contribution is 2.35. The van der Waals surface area contributed by atoms with Crippen molar-refractivity contribution in [2.45, 2.75) is 63.9 Å². The van der Waals surface area contributed by atoms with Crippen molar-refractivity contribution in [3.05, 3.63) is 68.5 Å². The lowest BCUT2D eigenvalue weighted by Gasteiger charge is -2.24. The van der Waals surface area contributed by atoms with E-state index in [0.717, 1.165) is 18.4 Å². The summed E-state index contributed by atoms with van der Waals surface area (Å²) in [6, 6.07) is 8.27. The van der Waals surface area contributed by atoms with Gasteiger partial charge >= 0.3 is 17.6 Å². The molecule has 2 heterocycles. The maximum atomic E-state index is 12.9. The number of rotatable bonds is 10. The highest BCUT2D eigenvalue weighted by molar-refractivity contribution is 7.85. The van der Waals surface area contributed by atoms with Gasteiger partial charge in [0.1, 0.15) is 24.6 Å². The quantitative estimate of drug-likeness (QED) is 0.348. The molecule has 3 rings (SSSR count). The number of carbonyl (C=O) groups excluding carboxylic acids is 2. The number of esters is 2. The molecule has 0 radical (unpaired) electrons. The van der Waals surface area contributed by atoms with Crippen LogP contribution >= 0.6 is 0 Å². The number of nitrogens with one attached hydrogen (secondary N) is 1. The SMILES string of the molecule is CCCc1cn([C@@H]2O[C@H](COC(C)=O)[C@H](OS(=O)(=O)Cc3ccccc3)[C@H]2OC(C)=O)c(=O)[nH]c1=O. The molecule has 13 heteroatoms. The van der Waals surface area contributed by atoms with Crippen molar-refractivity contribution < 1.29 is 36.4 Å². The number of ether oxygens (including phenoxy) is 3. The van der Waals surface area contributed by atoms with Crippen LogP contribution in [0.2, 0.25) is 0 Å². The van der Waals surface area contributed by atoms with Gasteiger partial charge in [0.05, 0.1) is 0 Å². The van der Waals surface area contributed by atoms with Crippen LogP contribution in [0.5, 0.6) is 0 Å². The van der Waals surface area contributed by atoms with Crippen molar-refractivity contribution in [1.82, 2.24) is 9.55 Å². The molecule has 0 spiro atoms. The summed E-state index contributed by atoms with van der Waals surface area (Å²) in [4.78, 5) is 50.4. The summed E-state index contributed by atoms with van der Waals surface area (Å²) < 4.78 is 48.5. The van der Waals surface area contributed by atoms with Gasteiger partial charge in [-0.25, -0.2) is 4.79 Å². The zero-order valence-electron chi connectivity index (χ0n) is 20.0. The highest BCUT2D eigenvalue weighted by atomic mass is 32.2. The molecule has 36 heavy (non-hydrogen) atoms. The summed E-state index contributed by atoms with van der Waals surface area (Å²) in [5, 5.41) is 0. The molecule has 196 valence electrons. The molecule has 0 bridgehead atoms. The summed E-state index contributed by atoms with van der Waals surface area (Å²) in [5.74, 6) is -1.94. The predicted molar refractivity (Wildman–Crippen MR) is 125 cm³/mol. The minimum atomic E-state index is -4.25. The normalized spacial score (nSPS) is 21.8. The predicted octanol–water partition coefficient (Wildman–Crippen LogP) is 0.797. The molecule has 1 N–H and O–H groups in total. The lowest BCUT2D eigenvalue weighted by Crippen LogP contribution is -2.43. The van der Waals surface area contributed by atoms with E-state index in [2.05, 4.69) is 4.98 Å². The monoisotopic (exact) mass is 524 g/mol. The largest absolute Gasteiger partial charge is 0.463 e. The average Bonchev–Trinajstić information content (AvgIpc) is 3.10. The molecule has 1 aliphatic rings. The molecule has 2 aromatic rings. The van der Waals surface area contributed by atoms with Gasteiger partial charge in [0.25, 0.3) is 15.7 Å². The van der Waals surface area contributed by atoms with Crippen LogP contribution in [0.1, 0.15) is 44.5 Å². The van der Waals surface area contributed by atoms with Crippen molar-refractivity contribution in [2.24, 2.45) is 0 Å². The van der Waals surface area contributed by atoms with E-state index in [1.165, 1.54) is 6.20 Å². The first-order valence-corrected chi connectivity index (χ1v) is 12.8. The third kappa shape index (κ3) is 6.89. The van der Waals surface area contributed by atoms with Crippen LogP contribution in [0.4, 0.5) is 0 Å². The molecule has 1 aliphatic heterocycles. The van der Waals surface area contributed by atoms with Crippen molar-refractivity contribution >= 4 is 22.1 Å². The second kappa shape index (κ2) is 11.6. The number of aryl methyl sites for hydroxylation is 1. The number of hydrogen-bond donors (Lipinski definition) is 1. The Morgan fingerprint density at radius 3 is 2.39 bits per heavy atom. The fraction of sp³-hybridized carbons (Fsp3) is 0.478. The Balaban J connectivity index is 2.02. The molecule has 12 nitrogen and oxygen atoms in total. The molecule has 1 saturated heterocycles. The van der Waals surface area contributed by atoms with Gasteiger partial charge in [0.2, 0.25) is 0 Å². The number of benzene rings is 1. The van der Waals surface area contributed by atoms with E-state index in [1.54, 1.807) is 30.3 Å². The van der Waals surface area contributed by atoms with Crippen LogP contribution in [0.3, 0.4) is 0 Å². The van der Waals surface area contributed by atoms with E-state index < -0.39 is 70.2 Å². The van der Waals surface area contributed by atoms with E-state index >= 15 is 0 Å². The van der Waals surface area contributed by atoms with Gasteiger partial charge in [-0.3, -0.25) is 28.1 Å². The van der Waals surface area contributed by atoms with Gasteiger partial charge < -0.3 is 14.2 Å². The summed E-state index contributed by atoms with van der Waals surface area (Å²) in [7, 11) is -4.25. The minimum Gasteiger partial charge on any atom is -0.463 e. The third-order valence-electron chi connectivity index (χ3n) is 5.32. The van der Waals surface area contributed by atoms with Crippen molar-refractivity contribution in [3.63, 3.8) is 0 Å². The van der Waals surface area contributed by atoms with Gasteiger partial charge in [-0.05, 0) is 12.0 Å². The number of carbonyl (C=O) groups is 2. The van der Waals surface area contributed by atoms with Gasteiger partial charge in [-0.1, -0.05) is 43.7 Å². The molecule has 0 amide bonds. The number of H-pyrrole nitrogens is 1. The van der Waals surface area contributed by atoms with E-state index in [-0.39, 0.29) is 5.56 Å². The Labute approximate surface area is 207 Å². The molecule has 4 atom stereocenters. The van der Waals surface area contributed by atoms with Crippen LogP contribution in [0, 0.1) is 0 Å². The summed E-state index contributed by atoms with van der Waals surface area (Å²) in [5.41, 5.74) is -0.703. The van der Waals surface area contributed by atoms with Crippen molar-refractivity contribution in [2.75, 3.05) is 6.61 Å². The number of aromatic nitrogens is 2. The maximum Gasteiger partial charge on any atom is 0.330 e. The third-order valence-corrected chi connectivity index (χ3v) is 6.52. The lowest BCUT2D eigenvalue weighted by atomic mass is 10.1. The Morgan fingerprint density at radius 2 is 1.78 bits per heavy atom. The Hall–Kier alpha value is -3.29. The minimum absolute atomic E-state index is 0.278. The first-order valence-electron chi connectivity index (χ1n) is 11.3. The molecule has 0 saturated carbocycles. The van der Waals surface area contributed by atoms with Crippen molar-refractivity contribution in [3.8, 4) is 0 Å². The second-order valence-corrected chi connectivity index (χ2v) is 9.86. The summed E-state index contributed by atoms with van der Waals surface area (Å²) >= 11 is 0.